The molecule has 1 N–H and O–H groups in total. The highest BCUT2D eigenvalue weighted by Gasteiger charge is 2.18. The number of carbonyl (C=O) groups is 1. The van der Waals surface area contributed by atoms with Crippen molar-refractivity contribution in [1.29, 1.82) is 0 Å². The highest BCUT2D eigenvalue weighted by molar-refractivity contribution is 5.85. The molecule has 5 nitrogen and oxygen atoms in total. The first kappa shape index (κ1) is 15.7. The number of nitrogens with zero attached hydrogens (tertiary/aromatic N) is 1. The molecular formula is C17H18N2O3. The number of carbonyl (C=O) groups excluding carboxylic acids is 1. The minimum atomic E-state index is -0.686. The Hall–Kier alpha value is -2.66. The van der Waals surface area contributed by atoms with E-state index in [0.717, 1.165) is 16.9 Å². The minimum absolute atomic E-state index is 0.321. The lowest BCUT2D eigenvalue weighted by Crippen LogP contribution is -2.26. The van der Waals surface area contributed by atoms with Gasteiger partial charge in [-0.2, -0.15) is 5.10 Å². The topological polar surface area (TPSA) is 59.9 Å². The third-order valence-electron chi connectivity index (χ3n) is 3.08. The van der Waals surface area contributed by atoms with Crippen molar-refractivity contribution in [2.45, 2.75) is 6.10 Å². The summed E-state index contributed by atoms with van der Waals surface area (Å²) in [6.07, 6.45) is 0.879. The second-order valence-corrected chi connectivity index (χ2v) is 4.53. The molecule has 22 heavy (non-hydrogen) atoms. The lowest BCUT2D eigenvalue weighted by atomic mass is 10.1. The fourth-order valence-electron chi connectivity index (χ4n) is 1.94. The number of methoxy groups -OCH3 is 2. The SMILES string of the molecule is COc1ccc(/C=N\NC(=O)[C@@H](OC)c2ccccc2)cc1. The van der Waals surface area contributed by atoms with E-state index in [-0.39, 0.29) is 5.91 Å². The monoisotopic (exact) mass is 298 g/mol. The maximum Gasteiger partial charge on any atom is 0.273 e. The van der Waals surface area contributed by atoms with Gasteiger partial charge in [0.15, 0.2) is 6.10 Å². The van der Waals surface area contributed by atoms with Crippen LogP contribution in [0, 0.1) is 0 Å². The van der Waals surface area contributed by atoms with Gasteiger partial charge in [0.05, 0.1) is 13.3 Å². The predicted molar refractivity (Wildman–Crippen MR) is 84.9 cm³/mol. The van der Waals surface area contributed by atoms with Crippen LogP contribution in [-0.4, -0.2) is 26.3 Å². The van der Waals surface area contributed by atoms with Gasteiger partial charge in [0.1, 0.15) is 5.75 Å². The number of benzene rings is 2. The van der Waals surface area contributed by atoms with E-state index in [4.69, 9.17) is 9.47 Å². The van der Waals surface area contributed by atoms with Gasteiger partial charge < -0.3 is 9.47 Å². The number of hydrazone groups is 1. The molecule has 1 amide bonds. The van der Waals surface area contributed by atoms with E-state index in [9.17, 15) is 4.79 Å². The van der Waals surface area contributed by atoms with Crippen molar-refractivity contribution in [3.8, 4) is 5.75 Å². The van der Waals surface area contributed by atoms with Crippen LogP contribution in [0.2, 0.25) is 0 Å². The molecule has 0 spiro atoms. The minimum Gasteiger partial charge on any atom is -0.497 e. The van der Waals surface area contributed by atoms with Gasteiger partial charge in [0.25, 0.3) is 5.91 Å². The predicted octanol–water partition coefficient (Wildman–Crippen LogP) is 2.53. The molecule has 1 atom stereocenters. The summed E-state index contributed by atoms with van der Waals surface area (Å²) < 4.78 is 10.3. The van der Waals surface area contributed by atoms with Gasteiger partial charge in [0, 0.05) is 7.11 Å². The van der Waals surface area contributed by atoms with Crippen LogP contribution in [-0.2, 0) is 9.53 Å². The van der Waals surface area contributed by atoms with E-state index in [1.807, 2.05) is 54.6 Å². The molecule has 5 heteroatoms. The van der Waals surface area contributed by atoms with Crippen LogP contribution in [0.1, 0.15) is 17.2 Å². The molecule has 0 fully saturated rings. The highest BCUT2D eigenvalue weighted by atomic mass is 16.5. The summed E-state index contributed by atoms with van der Waals surface area (Å²) in [5.74, 6) is 0.447. The molecule has 0 aliphatic rings. The molecule has 0 radical (unpaired) electrons. The van der Waals surface area contributed by atoms with Crippen LogP contribution in [0.15, 0.2) is 59.7 Å². The lowest BCUT2D eigenvalue weighted by Gasteiger charge is -2.13. The largest absolute Gasteiger partial charge is 0.497 e. The summed E-state index contributed by atoms with van der Waals surface area (Å²) in [6, 6.07) is 16.6. The van der Waals surface area contributed by atoms with Gasteiger partial charge in [-0.05, 0) is 35.4 Å². The third-order valence-corrected chi connectivity index (χ3v) is 3.08. The van der Waals surface area contributed by atoms with E-state index >= 15 is 0 Å². The zero-order chi connectivity index (χ0) is 15.8. The van der Waals surface area contributed by atoms with Crippen LogP contribution >= 0.6 is 0 Å². The first-order valence-corrected chi connectivity index (χ1v) is 6.79. The van der Waals surface area contributed by atoms with Crippen molar-refractivity contribution in [1.82, 2.24) is 5.43 Å². The van der Waals surface area contributed by atoms with Gasteiger partial charge in [-0.3, -0.25) is 4.79 Å². The second kappa shape index (κ2) is 7.95. The summed E-state index contributed by atoms with van der Waals surface area (Å²) in [7, 11) is 3.10. The Balaban J connectivity index is 1.97. The van der Waals surface area contributed by atoms with Crippen molar-refractivity contribution < 1.29 is 14.3 Å². The van der Waals surface area contributed by atoms with E-state index in [1.54, 1.807) is 13.3 Å². The fourth-order valence-corrected chi connectivity index (χ4v) is 1.94. The molecule has 0 saturated carbocycles. The quantitative estimate of drug-likeness (QED) is 0.658. The van der Waals surface area contributed by atoms with Gasteiger partial charge >= 0.3 is 0 Å². The smallest absolute Gasteiger partial charge is 0.273 e. The standard InChI is InChI=1S/C17H18N2O3/c1-21-15-10-8-13(9-11-15)12-18-19-17(20)16(22-2)14-6-4-3-5-7-14/h3-12,16H,1-2H3,(H,19,20)/b18-12-/t16-/m0/s1. The Bertz CT molecular complexity index is 624. The average Bonchev–Trinajstić information content (AvgIpc) is 2.57. The van der Waals surface area contributed by atoms with E-state index in [0.29, 0.717) is 0 Å². The van der Waals surface area contributed by atoms with Crippen LogP contribution < -0.4 is 10.2 Å². The zero-order valence-corrected chi connectivity index (χ0v) is 12.5. The second-order valence-electron chi connectivity index (χ2n) is 4.53. The molecule has 0 bridgehead atoms. The Kier molecular flexibility index (Phi) is 5.68. The third kappa shape index (κ3) is 4.17. The molecule has 114 valence electrons. The lowest BCUT2D eigenvalue weighted by molar-refractivity contribution is -0.131. The number of hydrogen-bond acceptors (Lipinski definition) is 4. The Morgan fingerprint density at radius 3 is 2.36 bits per heavy atom. The fraction of sp³-hybridized carbons (Fsp3) is 0.176. The van der Waals surface area contributed by atoms with Crippen LogP contribution in [0.25, 0.3) is 0 Å². The maximum absolute atomic E-state index is 12.1. The van der Waals surface area contributed by atoms with Gasteiger partial charge in [-0.25, -0.2) is 5.43 Å². The summed E-state index contributed by atoms with van der Waals surface area (Å²) in [4.78, 5) is 12.1. The molecule has 0 aromatic heterocycles. The van der Waals surface area contributed by atoms with Crippen LogP contribution in [0.3, 0.4) is 0 Å². The first-order valence-electron chi connectivity index (χ1n) is 6.79. The Morgan fingerprint density at radius 2 is 1.77 bits per heavy atom. The zero-order valence-electron chi connectivity index (χ0n) is 12.5. The van der Waals surface area contributed by atoms with Crippen molar-refractivity contribution in [3.63, 3.8) is 0 Å². The summed E-state index contributed by atoms with van der Waals surface area (Å²) in [5.41, 5.74) is 4.12. The van der Waals surface area contributed by atoms with Gasteiger partial charge in [0.2, 0.25) is 0 Å². The molecule has 0 heterocycles. The summed E-state index contributed by atoms with van der Waals surface area (Å²) >= 11 is 0. The van der Waals surface area contributed by atoms with Crippen molar-refractivity contribution in [2.75, 3.05) is 14.2 Å². The molecular weight excluding hydrogens is 280 g/mol. The molecule has 2 rings (SSSR count). The first-order chi connectivity index (χ1) is 10.7. The molecule has 0 aliphatic heterocycles. The number of rotatable bonds is 6. The van der Waals surface area contributed by atoms with Crippen molar-refractivity contribution >= 4 is 12.1 Å². The van der Waals surface area contributed by atoms with Gasteiger partial charge in [-0.1, -0.05) is 30.3 Å². The maximum atomic E-state index is 12.1. The van der Waals surface area contributed by atoms with E-state index in [1.165, 1.54) is 7.11 Å². The van der Waals surface area contributed by atoms with Crippen molar-refractivity contribution in [2.24, 2.45) is 5.10 Å². The highest BCUT2D eigenvalue weighted by Crippen LogP contribution is 2.16. The average molecular weight is 298 g/mol. The number of ether oxygens (including phenoxy) is 2. The normalized spacial score (nSPS) is 12.1. The summed E-state index contributed by atoms with van der Waals surface area (Å²) in [6.45, 7) is 0. The van der Waals surface area contributed by atoms with E-state index < -0.39 is 6.10 Å². The Morgan fingerprint density at radius 1 is 1.09 bits per heavy atom. The van der Waals surface area contributed by atoms with Crippen LogP contribution in [0.5, 0.6) is 5.75 Å². The summed E-state index contributed by atoms with van der Waals surface area (Å²) in [5, 5.41) is 3.95. The number of hydrogen-bond donors (Lipinski definition) is 1. The van der Waals surface area contributed by atoms with E-state index in [2.05, 4.69) is 10.5 Å². The molecule has 2 aromatic rings. The number of nitrogens with one attached hydrogen (secondary N) is 1. The molecule has 2 aromatic carbocycles. The van der Waals surface area contributed by atoms with Crippen molar-refractivity contribution in [3.05, 3.63) is 65.7 Å². The van der Waals surface area contributed by atoms with Gasteiger partial charge in [-0.15, -0.1) is 0 Å². The Labute approximate surface area is 129 Å². The number of amides is 1. The molecule has 0 unspecified atom stereocenters. The van der Waals surface area contributed by atoms with Crippen LogP contribution in [0.4, 0.5) is 0 Å². The molecule has 0 saturated heterocycles. The molecule has 0 aliphatic carbocycles.